The molecule has 1 N–H and O–H groups in total. The highest BCUT2D eigenvalue weighted by atomic mass is 19.2. The smallest absolute Gasteiger partial charge is 0.253 e. The van der Waals surface area contributed by atoms with Crippen LogP contribution in [-0.2, 0) is 6.42 Å². The highest BCUT2D eigenvalue weighted by Gasteiger charge is 2.14. The van der Waals surface area contributed by atoms with Gasteiger partial charge in [-0.25, -0.2) is 13.2 Å². The summed E-state index contributed by atoms with van der Waals surface area (Å²) < 4.78 is 39.2. The van der Waals surface area contributed by atoms with Crippen LogP contribution in [0.15, 0.2) is 48.5 Å². The van der Waals surface area contributed by atoms with E-state index in [9.17, 15) is 18.0 Å². The van der Waals surface area contributed by atoms with Crippen LogP contribution >= 0.6 is 0 Å². The quantitative estimate of drug-likeness (QED) is 0.704. The summed E-state index contributed by atoms with van der Waals surface area (Å²) in [4.78, 5) is 13.7. The van der Waals surface area contributed by atoms with Gasteiger partial charge in [-0.05, 0) is 61.4 Å². The molecule has 0 aliphatic carbocycles. The summed E-state index contributed by atoms with van der Waals surface area (Å²) in [5.41, 5.74) is 2.53. The van der Waals surface area contributed by atoms with Crippen LogP contribution < -0.4 is 0 Å². The lowest BCUT2D eigenvalue weighted by Gasteiger charge is -2.17. The number of amides is 1. The number of nitrogens with one attached hydrogen (secondary N) is 1. The average Bonchev–Trinajstić information content (AvgIpc) is 3.12. The number of H-pyrrole nitrogens is 1. The molecule has 0 unspecified atom stereocenters. The predicted octanol–water partition coefficient (Wildman–Crippen LogP) is 4.20. The van der Waals surface area contributed by atoms with Crippen molar-refractivity contribution in [3.05, 3.63) is 77.2 Å². The summed E-state index contributed by atoms with van der Waals surface area (Å²) in [6.07, 6.45) is 1.32. The van der Waals surface area contributed by atoms with E-state index < -0.39 is 11.6 Å². The first-order valence-electron chi connectivity index (χ1n) is 8.45. The van der Waals surface area contributed by atoms with Crippen LogP contribution in [0.1, 0.15) is 22.5 Å². The number of aromatic nitrogens is 2. The van der Waals surface area contributed by atoms with Crippen LogP contribution in [0.2, 0.25) is 0 Å². The summed E-state index contributed by atoms with van der Waals surface area (Å²) in [5.74, 6) is -2.70. The Kier molecular flexibility index (Phi) is 5.59. The maximum atomic E-state index is 13.3. The normalized spacial score (nSPS) is 10.8. The molecular weight excluding hydrogens is 355 g/mol. The molecule has 4 nitrogen and oxygen atoms in total. The maximum absolute atomic E-state index is 13.3. The van der Waals surface area contributed by atoms with Gasteiger partial charge >= 0.3 is 0 Å². The van der Waals surface area contributed by atoms with Gasteiger partial charge in [0.05, 0.1) is 5.69 Å². The van der Waals surface area contributed by atoms with Gasteiger partial charge in [-0.2, -0.15) is 5.10 Å². The van der Waals surface area contributed by atoms with Gasteiger partial charge in [-0.1, -0.05) is 0 Å². The number of aryl methyl sites for hydroxylation is 1. The number of aromatic amines is 1. The van der Waals surface area contributed by atoms with Crippen LogP contribution in [-0.4, -0.2) is 34.6 Å². The van der Waals surface area contributed by atoms with Crippen LogP contribution in [0.25, 0.3) is 11.3 Å². The van der Waals surface area contributed by atoms with Crippen LogP contribution in [0.3, 0.4) is 0 Å². The Morgan fingerprint density at radius 3 is 2.48 bits per heavy atom. The molecule has 0 spiro atoms. The molecule has 0 saturated heterocycles. The van der Waals surface area contributed by atoms with Crippen molar-refractivity contribution in [1.82, 2.24) is 15.1 Å². The largest absolute Gasteiger partial charge is 0.342 e. The van der Waals surface area contributed by atoms with Crippen molar-refractivity contribution < 1.29 is 18.0 Å². The third kappa shape index (κ3) is 4.55. The molecule has 140 valence electrons. The number of halogens is 3. The Labute approximate surface area is 154 Å². The molecule has 1 heterocycles. The Hall–Kier alpha value is -3.09. The zero-order chi connectivity index (χ0) is 19.4. The first-order valence-corrected chi connectivity index (χ1v) is 8.45. The monoisotopic (exact) mass is 373 g/mol. The van der Waals surface area contributed by atoms with Gasteiger partial charge in [0.2, 0.25) is 0 Å². The first-order chi connectivity index (χ1) is 12.9. The molecule has 0 aliphatic heterocycles. The molecule has 1 aromatic heterocycles. The molecule has 0 atom stereocenters. The van der Waals surface area contributed by atoms with Gasteiger partial charge < -0.3 is 4.90 Å². The molecule has 1 amide bonds. The van der Waals surface area contributed by atoms with Crippen LogP contribution in [0, 0.1) is 17.5 Å². The Balaban J connectivity index is 1.54. The maximum Gasteiger partial charge on any atom is 0.253 e. The zero-order valence-electron chi connectivity index (χ0n) is 14.7. The third-order valence-corrected chi connectivity index (χ3v) is 4.22. The summed E-state index contributed by atoms with van der Waals surface area (Å²) >= 11 is 0. The molecule has 3 rings (SSSR count). The molecule has 0 radical (unpaired) electrons. The number of benzene rings is 2. The van der Waals surface area contributed by atoms with Gasteiger partial charge in [-0.3, -0.25) is 9.89 Å². The van der Waals surface area contributed by atoms with E-state index in [-0.39, 0.29) is 17.3 Å². The first kappa shape index (κ1) is 18.7. The zero-order valence-corrected chi connectivity index (χ0v) is 14.7. The fraction of sp³-hybridized carbons (Fsp3) is 0.200. The molecule has 27 heavy (non-hydrogen) atoms. The van der Waals surface area contributed by atoms with Crippen molar-refractivity contribution >= 4 is 5.91 Å². The fourth-order valence-electron chi connectivity index (χ4n) is 2.72. The summed E-state index contributed by atoms with van der Waals surface area (Å²) in [6.45, 7) is 0.447. The van der Waals surface area contributed by atoms with Crippen molar-refractivity contribution in [2.45, 2.75) is 12.8 Å². The minimum Gasteiger partial charge on any atom is -0.342 e. The summed E-state index contributed by atoms with van der Waals surface area (Å²) in [5, 5.41) is 7.14. The van der Waals surface area contributed by atoms with E-state index in [1.54, 1.807) is 19.2 Å². The molecule has 2 aromatic carbocycles. The minimum absolute atomic E-state index is 0.108. The lowest BCUT2D eigenvalue weighted by atomic mass is 10.1. The van der Waals surface area contributed by atoms with Crippen molar-refractivity contribution in [1.29, 1.82) is 0 Å². The molecular formula is C20H18F3N3O. The van der Waals surface area contributed by atoms with E-state index in [0.717, 1.165) is 29.1 Å². The van der Waals surface area contributed by atoms with E-state index >= 15 is 0 Å². The lowest BCUT2D eigenvalue weighted by molar-refractivity contribution is 0.0793. The molecule has 0 saturated carbocycles. The second kappa shape index (κ2) is 8.07. The number of hydrogen-bond donors (Lipinski definition) is 1. The van der Waals surface area contributed by atoms with Gasteiger partial charge in [0.15, 0.2) is 11.6 Å². The van der Waals surface area contributed by atoms with E-state index in [2.05, 4.69) is 10.2 Å². The van der Waals surface area contributed by atoms with Crippen LogP contribution in [0.5, 0.6) is 0 Å². The van der Waals surface area contributed by atoms with Gasteiger partial charge in [-0.15, -0.1) is 0 Å². The number of carbonyl (C=O) groups is 1. The lowest BCUT2D eigenvalue weighted by Crippen LogP contribution is -2.28. The number of nitrogens with zero attached hydrogens (tertiary/aromatic N) is 2. The SMILES string of the molecule is CN(CCCc1cc(-c2ccc(F)cc2)n[nH]1)C(=O)c1ccc(F)c(F)c1. The Bertz CT molecular complexity index is 938. The number of hydrogen-bond acceptors (Lipinski definition) is 2. The second-order valence-corrected chi connectivity index (χ2v) is 6.24. The molecule has 3 aromatic rings. The van der Waals surface area contributed by atoms with Crippen molar-refractivity contribution in [2.75, 3.05) is 13.6 Å². The third-order valence-electron chi connectivity index (χ3n) is 4.22. The summed E-state index contributed by atoms with van der Waals surface area (Å²) in [6, 6.07) is 11.1. The fourth-order valence-corrected chi connectivity index (χ4v) is 2.72. The molecule has 0 bridgehead atoms. The van der Waals surface area contributed by atoms with E-state index in [1.165, 1.54) is 23.1 Å². The Morgan fingerprint density at radius 1 is 1.04 bits per heavy atom. The minimum atomic E-state index is -1.04. The average molecular weight is 373 g/mol. The van der Waals surface area contributed by atoms with E-state index in [1.807, 2.05) is 6.07 Å². The topological polar surface area (TPSA) is 49.0 Å². The van der Waals surface area contributed by atoms with Crippen molar-refractivity contribution in [3.63, 3.8) is 0 Å². The predicted molar refractivity (Wildman–Crippen MR) is 95.6 cm³/mol. The standard InChI is InChI=1S/C20H18F3N3O/c1-26(20(27)14-6-9-17(22)18(23)11-14)10-2-3-16-12-19(25-24-16)13-4-7-15(21)8-5-13/h4-9,11-12H,2-3,10H2,1H3,(H,24,25). The van der Waals surface area contributed by atoms with Gasteiger partial charge in [0, 0.05) is 30.4 Å². The molecule has 0 aliphatic rings. The summed E-state index contributed by atoms with van der Waals surface area (Å²) in [7, 11) is 1.61. The van der Waals surface area contributed by atoms with Gasteiger partial charge in [0.25, 0.3) is 5.91 Å². The number of carbonyl (C=O) groups excluding carboxylic acids is 1. The van der Waals surface area contributed by atoms with Crippen molar-refractivity contribution in [2.24, 2.45) is 0 Å². The van der Waals surface area contributed by atoms with Gasteiger partial charge in [0.1, 0.15) is 5.82 Å². The highest BCUT2D eigenvalue weighted by molar-refractivity contribution is 5.94. The number of rotatable bonds is 6. The van der Waals surface area contributed by atoms with Crippen LogP contribution in [0.4, 0.5) is 13.2 Å². The second-order valence-electron chi connectivity index (χ2n) is 6.24. The van der Waals surface area contributed by atoms with Crippen molar-refractivity contribution in [3.8, 4) is 11.3 Å². The van der Waals surface area contributed by atoms with E-state index in [0.29, 0.717) is 19.4 Å². The van der Waals surface area contributed by atoms with E-state index in [4.69, 9.17) is 0 Å². The Morgan fingerprint density at radius 2 is 1.78 bits per heavy atom. The molecule has 7 heteroatoms. The molecule has 0 fully saturated rings. The highest BCUT2D eigenvalue weighted by Crippen LogP contribution is 2.18.